The van der Waals surface area contributed by atoms with Gasteiger partial charge in [0.25, 0.3) is 0 Å². The van der Waals surface area contributed by atoms with Gasteiger partial charge in [0.1, 0.15) is 0 Å². The molecule has 1 saturated heterocycles. The second-order valence-electron chi connectivity index (χ2n) is 4.79. The molecule has 1 aliphatic rings. The van der Waals surface area contributed by atoms with Crippen LogP contribution in [0.25, 0.3) is 0 Å². The van der Waals surface area contributed by atoms with Crippen molar-refractivity contribution in [2.75, 3.05) is 13.1 Å². The maximum Gasteiger partial charge on any atom is 0.0233 e. The molecule has 2 N–H and O–H groups in total. The van der Waals surface area contributed by atoms with E-state index in [4.69, 9.17) is 5.73 Å². The van der Waals surface area contributed by atoms with Gasteiger partial charge in [-0.1, -0.05) is 19.1 Å². The zero-order valence-electron chi connectivity index (χ0n) is 9.70. The summed E-state index contributed by atoms with van der Waals surface area (Å²) in [7, 11) is 0. The molecule has 88 valence electrons. The van der Waals surface area contributed by atoms with Crippen molar-refractivity contribution in [3.05, 3.63) is 33.4 Å². The van der Waals surface area contributed by atoms with Gasteiger partial charge in [-0.25, -0.2) is 0 Å². The van der Waals surface area contributed by atoms with Crippen molar-refractivity contribution in [1.29, 1.82) is 0 Å². The molecule has 0 radical (unpaired) electrons. The Labute approximate surface area is 111 Å². The molecule has 0 saturated carbocycles. The van der Waals surface area contributed by atoms with E-state index in [-0.39, 0.29) is 0 Å². The maximum atomic E-state index is 6.03. The number of hydrogen-bond acceptors (Lipinski definition) is 2. The Hall–Kier alpha value is -0.130. The van der Waals surface area contributed by atoms with Crippen molar-refractivity contribution in [1.82, 2.24) is 4.90 Å². The third-order valence-corrected chi connectivity index (χ3v) is 4.09. The van der Waals surface area contributed by atoms with Crippen molar-refractivity contribution in [2.45, 2.75) is 25.9 Å². The number of likely N-dealkylation sites (tertiary alicyclic amines) is 1. The molecule has 1 aromatic rings. The lowest BCUT2D eigenvalue weighted by molar-refractivity contribution is 0.158. The van der Waals surface area contributed by atoms with Crippen LogP contribution in [0.15, 0.2) is 24.3 Å². The minimum atomic E-state index is 0.396. The predicted molar refractivity (Wildman–Crippen MR) is 76.2 cm³/mol. The summed E-state index contributed by atoms with van der Waals surface area (Å²) < 4.78 is 1.30. The largest absolute Gasteiger partial charge is 0.327 e. The Balaban J connectivity index is 1.93. The van der Waals surface area contributed by atoms with E-state index in [1.165, 1.54) is 9.13 Å². The van der Waals surface area contributed by atoms with Crippen LogP contribution in [0.3, 0.4) is 0 Å². The Morgan fingerprint density at radius 2 is 2.06 bits per heavy atom. The van der Waals surface area contributed by atoms with Gasteiger partial charge >= 0.3 is 0 Å². The van der Waals surface area contributed by atoms with Crippen molar-refractivity contribution >= 4 is 22.6 Å². The standard InChI is InChI=1S/C13H19IN2/c1-10-8-16(7-6-13(10)15)9-11-2-4-12(14)5-3-11/h2-5,10,13H,6-9,15H2,1H3. The van der Waals surface area contributed by atoms with Crippen LogP contribution in [0.2, 0.25) is 0 Å². The Kier molecular flexibility index (Phi) is 4.21. The molecular formula is C13H19IN2. The van der Waals surface area contributed by atoms with Crippen molar-refractivity contribution < 1.29 is 0 Å². The van der Waals surface area contributed by atoms with E-state index < -0.39 is 0 Å². The number of halogens is 1. The number of benzene rings is 1. The summed E-state index contributed by atoms with van der Waals surface area (Å²) in [5, 5.41) is 0. The first-order valence-corrected chi connectivity index (χ1v) is 6.95. The normalized spacial score (nSPS) is 26.9. The first kappa shape index (κ1) is 12.3. The molecule has 0 bridgehead atoms. The summed E-state index contributed by atoms with van der Waals surface area (Å²) >= 11 is 2.34. The molecular weight excluding hydrogens is 311 g/mol. The van der Waals surface area contributed by atoms with E-state index >= 15 is 0 Å². The second kappa shape index (κ2) is 5.47. The number of nitrogens with zero attached hydrogens (tertiary/aromatic N) is 1. The molecule has 0 aromatic heterocycles. The van der Waals surface area contributed by atoms with Crippen molar-refractivity contribution in [3.8, 4) is 0 Å². The average Bonchev–Trinajstić information content (AvgIpc) is 2.27. The third-order valence-electron chi connectivity index (χ3n) is 3.38. The highest BCUT2D eigenvalue weighted by molar-refractivity contribution is 14.1. The molecule has 1 fully saturated rings. The highest BCUT2D eigenvalue weighted by atomic mass is 127. The summed E-state index contributed by atoms with van der Waals surface area (Å²) in [6.45, 7) is 5.59. The predicted octanol–water partition coefficient (Wildman–Crippen LogP) is 2.46. The van der Waals surface area contributed by atoms with Crippen LogP contribution < -0.4 is 5.73 Å². The van der Waals surface area contributed by atoms with Gasteiger partial charge in [-0.3, -0.25) is 4.90 Å². The van der Waals surface area contributed by atoms with E-state index in [1.54, 1.807) is 0 Å². The molecule has 2 rings (SSSR count). The van der Waals surface area contributed by atoms with E-state index in [9.17, 15) is 0 Å². The first-order chi connectivity index (χ1) is 7.65. The van der Waals surface area contributed by atoms with E-state index in [0.29, 0.717) is 12.0 Å². The average molecular weight is 330 g/mol. The van der Waals surface area contributed by atoms with Crippen LogP contribution in [0.4, 0.5) is 0 Å². The minimum absolute atomic E-state index is 0.396. The quantitative estimate of drug-likeness (QED) is 0.844. The monoisotopic (exact) mass is 330 g/mol. The van der Waals surface area contributed by atoms with Crippen LogP contribution in [-0.4, -0.2) is 24.0 Å². The van der Waals surface area contributed by atoms with Crippen LogP contribution >= 0.6 is 22.6 Å². The van der Waals surface area contributed by atoms with Crippen LogP contribution in [-0.2, 0) is 6.54 Å². The van der Waals surface area contributed by atoms with Crippen LogP contribution in [0.1, 0.15) is 18.9 Å². The number of rotatable bonds is 2. The lowest BCUT2D eigenvalue weighted by Gasteiger charge is -2.35. The van der Waals surface area contributed by atoms with Gasteiger partial charge in [-0.2, -0.15) is 0 Å². The van der Waals surface area contributed by atoms with Gasteiger partial charge in [0.2, 0.25) is 0 Å². The highest BCUT2D eigenvalue weighted by Gasteiger charge is 2.22. The molecule has 2 atom stereocenters. The summed E-state index contributed by atoms with van der Waals surface area (Å²) in [6, 6.07) is 9.19. The topological polar surface area (TPSA) is 29.3 Å². The lowest BCUT2D eigenvalue weighted by Crippen LogP contribution is -2.45. The van der Waals surface area contributed by atoms with Gasteiger partial charge < -0.3 is 5.73 Å². The Bertz CT molecular complexity index is 336. The molecule has 3 heteroatoms. The van der Waals surface area contributed by atoms with Crippen LogP contribution in [0.5, 0.6) is 0 Å². The molecule has 1 aromatic carbocycles. The van der Waals surface area contributed by atoms with Gasteiger partial charge in [0.15, 0.2) is 0 Å². The molecule has 0 amide bonds. The Morgan fingerprint density at radius 1 is 1.38 bits per heavy atom. The fourth-order valence-electron chi connectivity index (χ4n) is 2.24. The molecule has 16 heavy (non-hydrogen) atoms. The van der Waals surface area contributed by atoms with E-state index in [0.717, 1.165) is 26.1 Å². The zero-order chi connectivity index (χ0) is 11.5. The third kappa shape index (κ3) is 3.18. The fraction of sp³-hybridized carbons (Fsp3) is 0.538. The fourth-order valence-corrected chi connectivity index (χ4v) is 2.60. The number of nitrogens with two attached hydrogens (primary N) is 1. The summed E-state index contributed by atoms with van der Waals surface area (Å²) in [5.74, 6) is 0.623. The van der Waals surface area contributed by atoms with E-state index in [2.05, 4.69) is 58.7 Å². The van der Waals surface area contributed by atoms with Crippen molar-refractivity contribution in [3.63, 3.8) is 0 Å². The maximum absolute atomic E-state index is 6.03. The molecule has 1 aliphatic heterocycles. The number of hydrogen-bond donors (Lipinski definition) is 1. The SMILES string of the molecule is CC1CN(Cc2ccc(I)cc2)CCC1N. The first-order valence-electron chi connectivity index (χ1n) is 5.87. The molecule has 1 heterocycles. The molecule has 2 unspecified atom stereocenters. The van der Waals surface area contributed by atoms with Gasteiger partial charge in [-0.15, -0.1) is 0 Å². The van der Waals surface area contributed by atoms with E-state index in [1.807, 2.05) is 0 Å². The Morgan fingerprint density at radius 3 is 2.69 bits per heavy atom. The van der Waals surface area contributed by atoms with Gasteiger partial charge in [-0.05, 0) is 59.2 Å². The zero-order valence-corrected chi connectivity index (χ0v) is 11.9. The van der Waals surface area contributed by atoms with Crippen molar-refractivity contribution in [2.24, 2.45) is 11.7 Å². The van der Waals surface area contributed by atoms with Gasteiger partial charge in [0.05, 0.1) is 0 Å². The summed E-state index contributed by atoms with van der Waals surface area (Å²) in [5.41, 5.74) is 7.43. The highest BCUT2D eigenvalue weighted by Crippen LogP contribution is 2.17. The molecule has 2 nitrogen and oxygen atoms in total. The number of piperidine rings is 1. The summed E-state index contributed by atoms with van der Waals surface area (Å²) in [6.07, 6.45) is 1.13. The molecule has 0 spiro atoms. The van der Waals surface area contributed by atoms with Crippen LogP contribution in [0, 0.1) is 9.49 Å². The second-order valence-corrected chi connectivity index (χ2v) is 6.04. The molecule has 0 aliphatic carbocycles. The summed E-state index contributed by atoms with van der Waals surface area (Å²) in [4.78, 5) is 2.51. The minimum Gasteiger partial charge on any atom is -0.327 e. The van der Waals surface area contributed by atoms with Gasteiger partial charge in [0, 0.05) is 22.7 Å². The smallest absolute Gasteiger partial charge is 0.0233 e. The lowest BCUT2D eigenvalue weighted by atomic mass is 9.94.